The number of hydrogen-bond acceptors (Lipinski definition) is 6. The molecule has 3 N–H and O–H groups in total. The van der Waals surface area contributed by atoms with Gasteiger partial charge in [0, 0.05) is 18.1 Å². The van der Waals surface area contributed by atoms with E-state index < -0.39 is 11.9 Å². The van der Waals surface area contributed by atoms with Crippen LogP contribution in [0.2, 0.25) is 0 Å². The highest BCUT2D eigenvalue weighted by Crippen LogP contribution is 2.35. The summed E-state index contributed by atoms with van der Waals surface area (Å²) in [4.78, 5) is 20.6. The van der Waals surface area contributed by atoms with Gasteiger partial charge in [0.15, 0.2) is 5.76 Å². The number of amides is 1. The van der Waals surface area contributed by atoms with Gasteiger partial charge in [0.2, 0.25) is 17.7 Å². The Labute approximate surface area is 137 Å². The first-order valence-electron chi connectivity index (χ1n) is 7.33. The molecule has 120 valence electrons. The van der Waals surface area contributed by atoms with E-state index in [1.165, 1.54) is 0 Å². The molecule has 0 aromatic carbocycles. The Morgan fingerprint density at radius 3 is 2.92 bits per heavy atom. The first kappa shape index (κ1) is 14.2. The molecule has 8 nitrogen and oxygen atoms in total. The maximum absolute atomic E-state index is 12.0. The fraction of sp³-hybridized carbons (Fsp3) is 0.125. The van der Waals surface area contributed by atoms with Gasteiger partial charge in [-0.3, -0.25) is 9.78 Å². The number of furan rings is 1. The van der Waals surface area contributed by atoms with E-state index in [0.717, 1.165) is 5.56 Å². The SMILES string of the molecule is CC1=C(C(N)=O)C(c2cccnc2)n2nc(-c3ccco3)nc2N1. The molecule has 3 aromatic heterocycles. The molecule has 24 heavy (non-hydrogen) atoms. The highest BCUT2D eigenvalue weighted by atomic mass is 16.3. The molecule has 0 fully saturated rings. The summed E-state index contributed by atoms with van der Waals surface area (Å²) in [6.45, 7) is 1.79. The monoisotopic (exact) mass is 322 g/mol. The van der Waals surface area contributed by atoms with Crippen LogP contribution in [0, 0.1) is 0 Å². The molecule has 8 heteroatoms. The lowest BCUT2D eigenvalue weighted by Crippen LogP contribution is -2.31. The second-order valence-corrected chi connectivity index (χ2v) is 5.40. The summed E-state index contributed by atoms with van der Waals surface area (Å²) >= 11 is 0. The molecule has 0 radical (unpaired) electrons. The number of allylic oxidation sites excluding steroid dienone is 1. The lowest BCUT2D eigenvalue weighted by Gasteiger charge is -2.27. The van der Waals surface area contributed by atoms with Crippen molar-refractivity contribution in [2.24, 2.45) is 5.73 Å². The van der Waals surface area contributed by atoms with E-state index in [-0.39, 0.29) is 0 Å². The Balaban J connectivity index is 1.90. The molecule has 4 rings (SSSR count). The average Bonchev–Trinajstić information content (AvgIpc) is 3.23. The van der Waals surface area contributed by atoms with Crippen LogP contribution in [-0.2, 0) is 4.79 Å². The Hall–Kier alpha value is -3.42. The van der Waals surface area contributed by atoms with Crippen molar-refractivity contribution in [1.29, 1.82) is 0 Å². The fourth-order valence-corrected chi connectivity index (χ4v) is 2.83. The van der Waals surface area contributed by atoms with E-state index in [1.54, 1.807) is 48.5 Å². The molecule has 1 unspecified atom stereocenters. The second-order valence-electron chi connectivity index (χ2n) is 5.40. The number of carbonyl (C=O) groups excluding carboxylic acids is 1. The fourth-order valence-electron chi connectivity index (χ4n) is 2.83. The molecular formula is C16H14N6O2. The molecule has 3 aromatic rings. The van der Waals surface area contributed by atoms with Crippen LogP contribution in [0.4, 0.5) is 5.95 Å². The summed E-state index contributed by atoms with van der Waals surface area (Å²) in [5.41, 5.74) is 7.47. The molecule has 0 saturated heterocycles. The number of primary amides is 1. The molecular weight excluding hydrogens is 308 g/mol. The van der Waals surface area contributed by atoms with Crippen LogP contribution in [0.25, 0.3) is 11.6 Å². The van der Waals surface area contributed by atoms with Crippen LogP contribution in [0.1, 0.15) is 18.5 Å². The zero-order valence-electron chi connectivity index (χ0n) is 12.8. The zero-order chi connectivity index (χ0) is 16.7. The maximum atomic E-state index is 12.0. The normalized spacial score (nSPS) is 16.6. The minimum Gasteiger partial charge on any atom is -0.461 e. The van der Waals surface area contributed by atoms with Crippen molar-refractivity contribution in [1.82, 2.24) is 19.7 Å². The van der Waals surface area contributed by atoms with Gasteiger partial charge in [-0.2, -0.15) is 4.98 Å². The highest BCUT2D eigenvalue weighted by Gasteiger charge is 2.33. The number of carbonyl (C=O) groups is 1. The van der Waals surface area contributed by atoms with Gasteiger partial charge in [-0.15, -0.1) is 5.10 Å². The van der Waals surface area contributed by atoms with Crippen LogP contribution in [0.3, 0.4) is 0 Å². The van der Waals surface area contributed by atoms with Crippen LogP contribution in [0.15, 0.2) is 58.6 Å². The van der Waals surface area contributed by atoms with E-state index in [9.17, 15) is 4.79 Å². The summed E-state index contributed by atoms with van der Waals surface area (Å²) in [6.07, 6.45) is 4.91. The molecule has 0 bridgehead atoms. The standard InChI is InChI=1S/C16H14N6O2/c1-9-12(14(17)23)13(10-4-2-6-18-8-10)22-16(19-9)20-15(21-22)11-5-3-7-24-11/h2-8,13H,1H3,(H2,17,23)(H,19,20,21). The third-order valence-corrected chi connectivity index (χ3v) is 3.86. The predicted octanol–water partition coefficient (Wildman–Crippen LogP) is 1.71. The Morgan fingerprint density at radius 2 is 2.25 bits per heavy atom. The van der Waals surface area contributed by atoms with E-state index in [0.29, 0.717) is 28.8 Å². The van der Waals surface area contributed by atoms with Crippen molar-refractivity contribution in [3.05, 3.63) is 59.8 Å². The first-order valence-corrected chi connectivity index (χ1v) is 7.33. The van der Waals surface area contributed by atoms with E-state index in [1.807, 2.05) is 6.07 Å². The van der Waals surface area contributed by atoms with E-state index >= 15 is 0 Å². The number of hydrogen-bond donors (Lipinski definition) is 2. The lowest BCUT2D eigenvalue weighted by molar-refractivity contribution is -0.115. The maximum Gasteiger partial charge on any atom is 0.248 e. The number of aromatic nitrogens is 4. The van der Waals surface area contributed by atoms with Crippen molar-refractivity contribution in [2.45, 2.75) is 13.0 Å². The number of fused-ring (bicyclic) bond motifs is 1. The number of rotatable bonds is 3. The molecule has 1 aliphatic heterocycles. The molecule has 4 heterocycles. The summed E-state index contributed by atoms with van der Waals surface area (Å²) in [7, 11) is 0. The van der Waals surface area contributed by atoms with Gasteiger partial charge < -0.3 is 15.5 Å². The number of anilines is 1. The number of nitrogens with one attached hydrogen (secondary N) is 1. The highest BCUT2D eigenvalue weighted by molar-refractivity contribution is 5.95. The van der Waals surface area contributed by atoms with Crippen LogP contribution < -0.4 is 11.1 Å². The van der Waals surface area contributed by atoms with Crippen molar-refractivity contribution < 1.29 is 9.21 Å². The molecule has 0 saturated carbocycles. The van der Waals surface area contributed by atoms with Gasteiger partial charge in [-0.1, -0.05) is 6.07 Å². The quantitative estimate of drug-likeness (QED) is 0.759. The first-order chi connectivity index (χ1) is 11.6. The number of nitrogens with zero attached hydrogens (tertiary/aromatic N) is 4. The predicted molar refractivity (Wildman–Crippen MR) is 85.6 cm³/mol. The van der Waals surface area contributed by atoms with Gasteiger partial charge >= 0.3 is 0 Å². The van der Waals surface area contributed by atoms with Crippen LogP contribution >= 0.6 is 0 Å². The van der Waals surface area contributed by atoms with Crippen molar-refractivity contribution in [3.8, 4) is 11.6 Å². The molecule has 1 atom stereocenters. The number of nitrogens with two attached hydrogens (primary N) is 1. The Morgan fingerprint density at radius 1 is 1.38 bits per heavy atom. The summed E-state index contributed by atoms with van der Waals surface area (Å²) in [6, 6.07) is 6.71. The van der Waals surface area contributed by atoms with Gasteiger partial charge in [-0.25, -0.2) is 4.68 Å². The van der Waals surface area contributed by atoms with E-state index in [2.05, 4.69) is 20.4 Å². The molecule has 0 aliphatic carbocycles. The summed E-state index contributed by atoms with van der Waals surface area (Å²) in [5.74, 6) is 0.962. The average molecular weight is 322 g/mol. The molecule has 1 aliphatic rings. The zero-order valence-corrected chi connectivity index (χ0v) is 12.8. The largest absolute Gasteiger partial charge is 0.461 e. The van der Waals surface area contributed by atoms with E-state index in [4.69, 9.17) is 10.2 Å². The van der Waals surface area contributed by atoms with Crippen molar-refractivity contribution in [3.63, 3.8) is 0 Å². The minimum atomic E-state index is -0.519. The minimum absolute atomic E-state index is 0.423. The van der Waals surface area contributed by atoms with Gasteiger partial charge in [0.25, 0.3) is 0 Å². The smallest absolute Gasteiger partial charge is 0.248 e. The summed E-state index contributed by atoms with van der Waals surface area (Å²) in [5, 5.41) is 7.58. The van der Waals surface area contributed by atoms with Crippen LogP contribution in [0.5, 0.6) is 0 Å². The van der Waals surface area contributed by atoms with Crippen molar-refractivity contribution >= 4 is 11.9 Å². The Kier molecular flexibility index (Phi) is 3.16. The number of pyridine rings is 1. The van der Waals surface area contributed by atoms with Gasteiger partial charge in [0.1, 0.15) is 6.04 Å². The molecule has 1 amide bonds. The Bertz CT molecular complexity index is 927. The summed E-state index contributed by atoms with van der Waals surface area (Å²) < 4.78 is 6.98. The molecule has 0 spiro atoms. The second kappa shape index (κ2) is 5.34. The van der Waals surface area contributed by atoms with Gasteiger partial charge in [0.05, 0.1) is 11.8 Å². The van der Waals surface area contributed by atoms with Crippen molar-refractivity contribution in [2.75, 3.05) is 5.32 Å². The third kappa shape index (κ3) is 2.16. The van der Waals surface area contributed by atoms with Crippen LogP contribution in [-0.4, -0.2) is 25.7 Å². The third-order valence-electron chi connectivity index (χ3n) is 3.86. The van der Waals surface area contributed by atoms with Gasteiger partial charge in [-0.05, 0) is 30.7 Å². The topological polar surface area (TPSA) is 112 Å². The lowest BCUT2D eigenvalue weighted by atomic mass is 9.97.